The first-order chi connectivity index (χ1) is 8.03. The molecule has 1 atom stereocenters. The maximum Gasteiger partial charge on any atom is 0.277 e. The molecule has 0 saturated carbocycles. The fraction of sp³-hybridized carbons (Fsp3) is 0.909. The molecule has 4 nitrogen and oxygen atoms in total. The van der Waals surface area contributed by atoms with Crippen molar-refractivity contribution in [2.24, 2.45) is 5.73 Å². The summed E-state index contributed by atoms with van der Waals surface area (Å²) in [7, 11) is 0. The highest BCUT2D eigenvalue weighted by atomic mass is 35.5. The Balaban J connectivity index is 0.00000289. The molecule has 0 radical (unpaired) electrons. The second-order valence-electron chi connectivity index (χ2n) is 4.36. The SMILES string of the molecule is Cl.NCC(F)(F)CNC(=O)CCC1CCCCO1. The van der Waals surface area contributed by atoms with E-state index in [4.69, 9.17) is 10.5 Å². The number of hydrogen-bond acceptors (Lipinski definition) is 3. The smallest absolute Gasteiger partial charge is 0.277 e. The van der Waals surface area contributed by atoms with Crippen LogP contribution in [0.1, 0.15) is 32.1 Å². The van der Waals surface area contributed by atoms with Gasteiger partial charge in [0.15, 0.2) is 0 Å². The number of nitrogens with one attached hydrogen (secondary N) is 1. The Morgan fingerprint density at radius 1 is 1.44 bits per heavy atom. The zero-order valence-corrected chi connectivity index (χ0v) is 11.1. The van der Waals surface area contributed by atoms with Gasteiger partial charge >= 0.3 is 0 Å². The van der Waals surface area contributed by atoms with Gasteiger partial charge in [-0.15, -0.1) is 12.4 Å². The van der Waals surface area contributed by atoms with Gasteiger partial charge in [0.25, 0.3) is 5.92 Å². The highest BCUT2D eigenvalue weighted by Gasteiger charge is 2.27. The van der Waals surface area contributed by atoms with Crippen molar-refractivity contribution < 1.29 is 18.3 Å². The minimum atomic E-state index is -3.02. The molecule has 1 amide bonds. The molecule has 0 aromatic rings. The second kappa shape index (κ2) is 8.61. The van der Waals surface area contributed by atoms with Crippen molar-refractivity contribution in [2.75, 3.05) is 19.7 Å². The van der Waals surface area contributed by atoms with Crippen LogP contribution in [0, 0.1) is 0 Å². The van der Waals surface area contributed by atoms with Crippen LogP contribution in [0.25, 0.3) is 0 Å². The number of hydrogen-bond donors (Lipinski definition) is 2. The number of amides is 1. The topological polar surface area (TPSA) is 64.3 Å². The summed E-state index contributed by atoms with van der Waals surface area (Å²) in [4.78, 5) is 11.3. The molecule has 108 valence electrons. The molecule has 18 heavy (non-hydrogen) atoms. The van der Waals surface area contributed by atoms with Crippen LogP contribution in [-0.4, -0.2) is 37.6 Å². The zero-order chi connectivity index (χ0) is 12.7. The van der Waals surface area contributed by atoms with Crippen LogP contribution >= 0.6 is 12.4 Å². The highest BCUT2D eigenvalue weighted by molar-refractivity contribution is 5.85. The molecule has 0 bridgehead atoms. The third kappa shape index (κ3) is 7.08. The fourth-order valence-corrected chi connectivity index (χ4v) is 1.72. The summed E-state index contributed by atoms with van der Waals surface area (Å²) in [6.45, 7) is -0.704. The van der Waals surface area contributed by atoms with Gasteiger partial charge in [-0.1, -0.05) is 0 Å². The Bertz CT molecular complexity index is 249. The molecule has 1 rings (SSSR count). The lowest BCUT2D eigenvalue weighted by molar-refractivity contribution is -0.123. The standard InChI is InChI=1S/C11H20F2N2O2.ClH/c12-11(13,7-14)8-15-10(16)5-4-9-3-1-2-6-17-9;/h9H,1-8,14H2,(H,15,16);1H. The van der Waals surface area contributed by atoms with E-state index in [1.807, 2.05) is 0 Å². The summed E-state index contributed by atoms with van der Waals surface area (Å²) >= 11 is 0. The number of rotatable bonds is 6. The Morgan fingerprint density at radius 3 is 2.72 bits per heavy atom. The van der Waals surface area contributed by atoms with Crippen molar-refractivity contribution in [3.8, 4) is 0 Å². The van der Waals surface area contributed by atoms with Crippen LogP contribution in [0.15, 0.2) is 0 Å². The number of ether oxygens (including phenoxy) is 1. The largest absolute Gasteiger partial charge is 0.378 e. The summed E-state index contributed by atoms with van der Waals surface area (Å²) in [5.74, 6) is -3.39. The number of alkyl halides is 2. The summed E-state index contributed by atoms with van der Waals surface area (Å²) in [5, 5.41) is 2.19. The molecule has 0 aromatic heterocycles. The number of carbonyl (C=O) groups is 1. The maximum absolute atomic E-state index is 12.7. The van der Waals surface area contributed by atoms with E-state index in [1.54, 1.807) is 0 Å². The normalized spacial score (nSPS) is 20.1. The van der Waals surface area contributed by atoms with Crippen molar-refractivity contribution in [1.82, 2.24) is 5.32 Å². The van der Waals surface area contributed by atoms with E-state index in [-0.39, 0.29) is 30.8 Å². The van der Waals surface area contributed by atoms with Gasteiger partial charge in [0.05, 0.1) is 19.2 Å². The van der Waals surface area contributed by atoms with Crippen LogP contribution in [0.4, 0.5) is 8.78 Å². The van der Waals surface area contributed by atoms with E-state index >= 15 is 0 Å². The monoisotopic (exact) mass is 286 g/mol. The lowest BCUT2D eigenvalue weighted by atomic mass is 10.0. The average Bonchev–Trinajstić information content (AvgIpc) is 2.35. The predicted octanol–water partition coefficient (Wildman–Crippen LogP) is 1.47. The van der Waals surface area contributed by atoms with Crippen molar-refractivity contribution in [2.45, 2.75) is 44.1 Å². The average molecular weight is 287 g/mol. The van der Waals surface area contributed by atoms with E-state index in [2.05, 4.69) is 5.32 Å². The Hall–Kier alpha value is -0.460. The van der Waals surface area contributed by atoms with E-state index in [0.29, 0.717) is 6.42 Å². The first-order valence-corrected chi connectivity index (χ1v) is 6.00. The molecule has 1 unspecified atom stereocenters. The van der Waals surface area contributed by atoms with E-state index < -0.39 is 19.0 Å². The van der Waals surface area contributed by atoms with Gasteiger partial charge in [-0.05, 0) is 25.7 Å². The molecule has 0 spiro atoms. The third-order valence-electron chi connectivity index (χ3n) is 2.81. The van der Waals surface area contributed by atoms with E-state index in [1.165, 1.54) is 0 Å². The van der Waals surface area contributed by atoms with E-state index in [0.717, 1.165) is 25.9 Å². The van der Waals surface area contributed by atoms with Crippen LogP contribution < -0.4 is 11.1 Å². The summed E-state index contributed by atoms with van der Waals surface area (Å²) in [5.41, 5.74) is 4.86. The van der Waals surface area contributed by atoms with Gasteiger partial charge in [0.1, 0.15) is 0 Å². The van der Waals surface area contributed by atoms with Crippen molar-refractivity contribution >= 4 is 18.3 Å². The Morgan fingerprint density at radius 2 is 2.17 bits per heavy atom. The first-order valence-electron chi connectivity index (χ1n) is 6.00. The van der Waals surface area contributed by atoms with Gasteiger partial charge < -0.3 is 15.8 Å². The first kappa shape index (κ1) is 17.5. The summed E-state index contributed by atoms with van der Waals surface area (Å²) in [6.07, 6.45) is 4.05. The number of carbonyl (C=O) groups excluding carboxylic acids is 1. The lowest BCUT2D eigenvalue weighted by Gasteiger charge is -2.22. The van der Waals surface area contributed by atoms with Crippen LogP contribution in [0.5, 0.6) is 0 Å². The van der Waals surface area contributed by atoms with Crippen molar-refractivity contribution in [1.29, 1.82) is 0 Å². The van der Waals surface area contributed by atoms with Crippen molar-refractivity contribution in [3.63, 3.8) is 0 Å². The molecule has 1 fully saturated rings. The minimum absolute atomic E-state index is 0. The minimum Gasteiger partial charge on any atom is -0.378 e. The molecule has 1 aliphatic heterocycles. The molecule has 7 heteroatoms. The summed E-state index contributed by atoms with van der Waals surface area (Å²) < 4.78 is 30.9. The van der Waals surface area contributed by atoms with E-state index in [9.17, 15) is 13.6 Å². The third-order valence-corrected chi connectivity index (χ3v) is 2.81. The predicted molar refractivity (Wildman–Crippen MR) is 67.1 cm³/mol. The number of halogens is 3. The van der Waals surface area contributed by atoms with Crippen LogP contribution in [-0.2, 0) is 9.53 Å². The van der Waals surface area contributed by atoms with Crippen molar-refractivity contribution in [3.05, 3.63) is 0 Å². The second-order valence-corrected chi connectivity index (χ2v) is 4.36. The number of nitrogens with two attached hydrogens (primary N) is 1. The van der Waals surface area contributed by atoms with Gasteiger partial charge in [-0.3, -0.25) is 4.79 Å². The molecule has 3 N–H and O–H groups in total. The highest BCUT2D eigenvalue weighted by Crippen LogP contribution is 2.17. The molecule has 1 saturated heterocycles. The maximum atomic E-state index is 12.7. The lowest BCUT2D eigenvalue weighted by Crippen LogP contribution is -2.41. The zero-order valence-electron chi connectivity index (χ0n) is 10.3. The van der Waals surface area contributed by atoms with Gasteiger partial charge in [-0.25, -0.2) is 8.78 Å². The molecule has 0 aromatic carbocycles. The Kier molecular flexibility index (Phi) is 8.39. The molecule has 0 aliphatic carbocycles. The molecule has 1 heterocycles. The van der Waals surface area contributed by atoms with Crippen LogP contribution in [0.3, 0.4) is 0 Å². The van der Waals surface area contributed by atoms with Gasteiger partial charge in [-0.2, -0.15) is 0 Å². The molecular weight excluding hydrogens is 266 g/mol. The van der Waals surface area contributed by atoms with Gasteiger partial charge in [0, 0.05) is 13.0 Å². The summed E-state index contributed by atoms with van der Waals surface area (Å²) in [6, 6.07) is 0. The molecule has 1 aliphatic rings. The fourth-order valence-electron chi connectivity index (χ4n) is 1.72. The van der Waals surface area contributed by atoms with Gasteiger partial charge in [0.2, 0.25) is 5.91 Å². The quantitative estimate of drug-likeness (QED) is 0.777. The van der Waals surface area contributed by atoms with Crippen LogP contribution in [0.2, 0.25) is 0 Å². The Labute approximate surface area is 112 Å². The molecular formula is C11H21ClF2N2O2.